The van der Waals surface area contributed by atoms with Gasteiger partial charge < -0.3 is 10.1 Å². The third-order valence-electron chi connectivity index (χ3n) is 2.38. The van der Waals surface area contributed by atoms with Crippen molar-refractivity contribution >= 4 is 23.0 Å². The van der Waals surface area contributed by atoms with Crippen molar-refractivity contribution in [2.24, 2.45) is 5.10 Å². The highest BCUT2D eigenvalue weighted by Crippen LogP contribution is 2.03. The van der Waals surface area contributed by atoms with Gasteiger partial charge in [0.05, 0.1) is 12.3 Å². The monoisotopic (exact) mass is 283 g/mol. The van der Waals surface area contributed by atoms with Gasteiger partial charge in [-0.2, -0.15) is 5.10 Å². The third-order valence-corrected chi connectivity index (χ3v) is 2.59. The van der Waals surface area contributed by atoms with Gasteiger partial charge in [-0.15, -0.1) is 0 Å². The zero-order valence-corrected chi connectivity index (χ0v) is 12.1. The SMILES string of the molecule is COC[C@H](C)NC(=S)N/N=C(/C)c1ccc(F)cc1. The zero-order chi connectivity index (χ0) is 14.3. The first-order valence-corrected chi connectivity index (χ1v) is 6.29. The van der Waals surface area contributed by atoms with Crippen LogP contribution >= 0.6 is 12.2 Å². The number of thiocarbonyl (C=S) groups is 1. The molecule has 104 valence electrons. The predicted molar refractivity (Wildman–Crippen MR) is 78.8 cm³/mol. The summed E-state index contributed by atoms with van der Waals surface area (Å²) >= 11 is 5.09. The van der Waals surface area contributed by atoms with Crippen molar-refractivity contribution in [3.63, 3.8) is 0 Å². The van der Waals surface area contributed by atoms with Crippen molar-refractivity contribution in [2.45, 2.75) is 19.9 Å². The van der Waals surface area contributed by atoms with Crippen LogP contribution in [0.25, 0.3) is 0 Å². The summed E-state index contributed by atoms with van der Waals surface area (Å²) in [7, 11) is 1.63. The second-order valence-corrected chi connectivity index (χ2v) is 4.55. The van der Waals surface area contributed by atoms with E-state index in [1.54, 1.807) is 19.2 Å². The van der Waals surface area contributed by atoms with Crippen molar-refractivity contribution in [3.8, 4) is 0 Å². The number of rotatable bonds is 5. The lowest BCUT2D eigenvalue weighted by molar-refractivity contribution is 0.179. The number of hydrogen-bond donors (Lipinski definition) is 2. The van der Waals surface area contributed by atoms with Crippen LogP contribution in [0, 0.1) is 5.82 Å². The molecule has 0 aliphatic carbocycles. The van der Waals surface area contributed by atoms with Crippen molar-refractivity contribution in [3.05, 3.63) is 35.6 Å². The number of benzene rings is 1. The quantitative estimate of drug-likeness (QED) is 0.493. The van der Waals surface area contributed by atoms with Crippen LogP contribution in [0.2, 0.25) is 0 Å². The summed E-state index contributed by atoms with van der Waals surface area (Å²) in [6.45, 7) is 4.33. The van der Waals surface area contributed by atoms with Gasteiger partial charge in [0.1, 0.15) is 5.82 Å². The average Bonchev–Trinajstić information content (AvgIpc) is 2.37. The first-order chi connectivity index (χ1) is 9.02. The molecule has 0 aliphatic heterocycles. The van der Waals surface area contributed by atoms with Gasteiger partial charge in [-0.05, 0) is 43.8 Å². The molecule has 0 fully saturated rings. The van der Waals surface area contributed by atoms with E-state index in [9.17, 15) is 4.39 Å². The minimum absolute atomic E-state index is 0.103. The van der Waals surface area contributed by atoms with Crippen LogP contribution in [0.4, 0.5) is 4.39 Å². The van der Waals surface area contributed by atoms with Gasteiger partial charge in [-0.3, -0.25) is 5.43 Å². The number of nitrogens with zero attached hydrogens (tertiary/aromatic N) is 1. The van der Waals surface area contributed by atoms with E-state index in [4.69, 9.17) is 17.0 Å². The van der Waals surface area contributed by atoms with Crippen LogP contribution in [-0.4, -0.2) is 30.6 Å². The van der Waals surface area contributed by atoms with Gasteiger partial charge in [-0.25, -0.2) is 4.39 Å². The summed E-state index contributed by atoms with van der Waals surface area (Å²) < 4.78 is 17.8. The number of hydrogen-bond acceptors (Lipinski definition) is 3. The Labute approximate surface area is 118 Å². The van der Waals surface area contributed by atoms with E-state index in [-0.39, 0.29) is 11.9 Å². The lowest BCUT2D eigenvalue weighted by Gasteiger charge is -2.14. The van der Waals surface area contributed by atoms with Gasteiger partial charge in [0.15, 0.2) is 5.11 Å². The van der Waals surface area contributed by atoms with E-state index in [1.165, 1.54) is 12.1 Å². The molecule has 0 heterocycles. The van der Waals surface area contributed by atoms with Gasteiger partial charge in [0.25, 0.3) is 0 Å². The molecule has 6 heteroatoms. The Bertz CT molecular complexity index is 448. The number of methoxy groups -OCH3 is 1. The van der Waals surface area contributed by atoms with Crippen LogP contribution < -0.4 is 10.7 Å². The Morgan fingerprint density at radius 3 is 2.63 bits per heavy atom. The zero-order valence-electron chi connectivity index (χ0n) is 11.2. The Hall–Kier alpha value is -1.53. The molecule has 4 nitrogen and oxygen atoms in total. The average molecular weight is 283 g/mol. The van der Waals surface area contributed by atoms with Crippen molar-refractivity contribution in [1.29, 1.82) is 0 Å². The summed E-state index contributed by atoms with van der Waals surface area (Å²) in [5.74, 6) is -0.268. The molecular weight excluding hydrogens is 265 g/mol. The van der Waals surface area contributed by atoms with Crippen molar-refractivity contribution < 1.29 is 9.13 Å². The first-order valence-electron chi connectivity index (χ1n) is 5.88. The fourth-order valence-corrected chi connectivity index (χ4v) is 1.68. The molecular formula is C13H18FN3OS. The molecule has 0 spiro atoms. The van der Waals surface area contributed by atoms with E-state index in [0.717, 1.165) is 11.3 Å². The van der Waals surface area contributed by atoms with Crippen LogP contribution in [0.5, 0.6) is 0 Å². The number of halogens is 1. The molecule has 19 heavy (non-hydrogen) atoms. The predicted octanol–water partition coefficient (Wildman–Crippen LogP) is 2.05. The van der Waals surface area contributed by atoms with E-state index >= 15 is 0 Å². The molecule has 0 radical (unpaired) electrons. The summed E-state index contributed by atoms with van der Waals surface area (Å²) in [5, 5.41) is 7.58. The number of ether oxygens (including phenoxy) is 1. The Morgan fingerprint density at radius 1 is 1.42 bits per heavy atom. The van der Waals surface area contributed by atoms with E-state index in [2.05, 4.69) is 15.8 Å². The minimum Gasteiger partial charge on any atom is -0.383 e. The molecule has 0 bridgehead atoms. The highest BCUT2D eigenvalue weighted by atomic mass is 32.1. The second kappa shape index (κ2) is 7.81. The normalized spacial score (nSPS) is 12.9. The Balaban J connectivity index is 2.51. The van der Waals surface area contributed by atoms with Gasteiger partial charge in [0.2, 0.25) is 0 Å². The number of hydrazone groups is 1. The van der Waals surface area contributed by atoms with Crippen LogP contribution in [-0.2, 0) is 4.74 Å². The van der Waals surface area contributed by atoms with Gasteiger partial charge >= 0.3 is 0 Å². The molecule has 1 aromatic carbocycles. The standard InChI is InChI=1S/C13H18FN3OS/c1-9(8-18-3)15-13(19)17-16-10(2)11-4-6-12(14)7-5-11/h4-7,9H,8H2,1-3H3,(H2,15,17,19)/b16-10-/t9-/m0/s1. The number of nitrogens with one attached hydrogen (secondary N) is 2. The molecule has 2 N–H and O–H groups in total. The van der Waals surface area contributed by atoms with Crippen LogP contribution in [0.15, 0.2) is 29.4 Å². The molecule has 1 rings (SSSR count). The molecule has 1 aromatic rings. The highest BCUT2D eigenvalue weighted by Gasteiger charge is 2.03. The largest absolute Gasteiger partial charge is 0.383 e. The van der Waals surface area contributed by atoms with E-state index in [1.807, 2.05) is 13.8 Å². The molecule has 0 saturated heterocycles. The first kappa shape index (κ1) is 15.5. The molecule has 0 aliphatic rings. The smallest absolute Gasteiger partial charge is 0.187 e. The summed E-state index contributed by atoms with van der Waals surface area (Å²) in [4.78, 5) is 0. The topological polar surface area (TPSA) is 45.6 Å². The van der Waals surface area contributed by atoms with Gasteiger partial charge in [-0.1, -0.05) is 12.1 Å². The Morgan fingerprint density at radius 2 is 2.05 bits per heavy atom. The highest BCUT2D eigenvalue weighted by molar-refractivity contribution is 7.80. The fraction of sp³-hybridized carbons (Fsp3) is 0.385. The van der Waals surface area contributed by atoms with E-state index < -0.39 is 0 Å². The minimum atomic E-state index is -0.268. The van der Waals surface area contributed by atoms with E-state index in [0.29, 0.717) is 11.7 Å². The summed E-state index contributed by atoms with van der Waals surface area (Å²) in [6.07, 6.45) is 0. The lowest BCUT2D eigenvalue weighted by Crippen LogP contribution is -2.40. The molecule has 0 saturated carbocycles. The van der Waals surface area contributed by atoms with Crippen molar-refractivity contribution in [1.82, 2.24) is 10.7 Å². The molecule has 1 atom stereocenters. The molecule has 0 unspecified atom stereocenters. The van der Waals surface area contributed by atoms with Crippen molar-refractivity contribution in [2.75, 3.05) is 13.7 Å². The maximum Gasteiger partial charge on any atom is 0.187 e. The summed E-state index contributed by atoms with van der Waals surface area (Å²) in [6, 6.07) is 6.23. The second-order valence-electron chi connectivity index (χ2n) is 4.15. The van der Waals surface area contributed by atoms with Crippen LogP contribution in [0.3, 0.4) is 0 Å². The maximum absolute atomic E-state index is 12.8. The van der Waals surface area contributed by atoms with Crippen LogP contribution in [0.1, 0.15) is 19.4 Å². The van der Waals surface area contributed by atoms with Gasteiger partial charge in [0, 0.05) is 13.2 Å². The maximum atomic E-state index is 12.8. The Kier molecular flexibility index (Phi) is 6.38. The molecule has 0 amide bonds. The third kappa shape index (κ3) is 5.76. The molecule has 0 aromatic heterocycles. The fourth-order valence-electron chi connectivity index (χ4n) is 1.44. The lowest BCUT2D eigenvalue weighted by atomic mass is 10.1. The summed E-state index contributed by atoms with van der Waals surface area (Å²) in [5.41, 5.74) is 4.30.